The smallest absolute Gasteiger partial charge is 0.137 e. The lowest BCUT2D eigenvalue weighted by Crippen LogP contribution is -2.44. The minimum absolute atomic E-state index is 0.450. The van der Waals surface area contributed by atoms with E-state index in [-0.39, 0.29) is 0 Å². The predicted octanol–water partition coefficient (Wildman–Crippen LogP) is 4.41. The first-order valence-electron chi connectivity index (χ1n) is 10.1. The molecule has 0 saturated carbocycles. The number of benzene rings is 1. The number of aromatic amines is 1. The standard InChI is InChI=1S/C22H32N4/c1-22(2,3)18-8-13-26(16-18)20-9-14-25(15-10-20)19-6-4-17(5-7-19)21-23-11-12-24-21/h4-7,11-12,18,20H,8-10,13-16H2,1-3H3,(H,23,24). The largest absolute Gasteiger partial charge is 0.371 e. The normalized spacial score (nSPS) is 22.9. The fourth-order valence-corrected chi connectivity index (χ4v) is 4.57. The van der Waals surface area contributed by atoms with E-state index in [1.54, 1.807) is 6.20 Å². The number of rotatable bonds is 3. The second-order valence-corrected chi connectivity index (χ2v) is 9.05. The van der Waals surface area contributed by atoms with Crippen molar-refractivity contribution in [3.8, 4) is 11.4 Å². The van der Waals surface area contributed by atoms with Crippen molar-refractivity contribution in [2.24, 2.45) is 11.3 Å². The van der Waals surface area contributed by atoms with E-state index in [0.29, 0.717) is 5.41 Å². The number of hydrogen-bond acceptors (Lipinski definition) is 3. The SMILES string of the molecule is CC(C)(C)C1CCN(C2CCN(c3ccc(-c4ncc[nH]4)cc3)CC2)C1. The maximum absolute atomic E-state index is 4.33. The van der Waals surface area contributed by atoms with Crippen LogP contribution in [0.15, 0.2) is 36.7 Å². The molecule has 0 bridgehead atoms. The highest BCUT2D eigenvalue weighted by Gasteiger charge is 2.35. The molecule has 2 aliphatic rings. The highest BCUT2D eigenvalue weighted by atomic mass is 15.2. The van der Waals surface area contributed by atoms with Crippen LogP contribution in [0, 0.1) is 11.3 Å². The Morgan fingerprint density at radius 1 is 1.00 bits per heavy atom. The fraction of sp³-hybridized carbons (Fsp3) is 0.591. The van der Waals surface area contributed by atoms with Crippen molar-refractivity contribution < 1.29 is 0 Å². The summed E-state index contributed by atoms with van der Waals surface area (Å²) in [6.45, 7) is 12.1. The van der Waals surface area contributed by atoms with Crippen molar-refractivity contribution in [3.63, 3.8) is 0 Å². The third kappa shape index (κ3) is 3.66. The van der Waals surface area contributed by atoms with Gasteiger partial charge < -0.3 is 9.88 Å². The van der Waals surface area contributed by atoms with Crippen LogP contribution in [-0.2, 0) is 0 Å². The zero-order valence-electron chi connectivity index (χ0n) is 16.4. The zero-order chi connectivity index (χ0) is 18.1. The lowest BCUT2D eigenvalue weighted by atomic mass is 9.80. The molecule has 140 valence electrons. The summed E-state index contributed by atoms with van der Waals surface area (Å²) in [4.78, 5) is 12.8. The summed E-state index contributed by atoms with van der Waals surface area (Å²) in [5, 5.41) is 0. The number of nitrogens with one attached hydrogen (secondary N) is 1. The van der Waals surface area contributed by atoms with Crippen LogP contribution in [0.3, 0.4) is 0 Å². The molecule has 0 aliphatic carbocycles. The number of aromatic nitrogens is 2. The molecule has 2 fully saturated rings. The summed E-state index contributed by atoms with van der Waals surface area (Å²) in [6, 6.07) is 9.61. The van der Waals surface area contributed by atoms with Gasteiger partial charge in [-0.25, -0.2) is 4.98 Å². The van der Waals surface area contributed by atoms with Gasteiger partial charge in [0.2, 0.25) is 0 Å². The molecule has 4 rings (SSSR count). The lowest BCUT2D eigenvalue weighted by Gasteiger charge is -2.38. The Balaban J connectivity index is 1.33. The van der Waals surface area contributed by atoms with Crippen molar-refractivity contribution in [3.05, 3.63) is 36.7 Å². The maximum atomic E-state index is 4.33. The molecule has 3 heterocycles. The summed E-state index contributed by atoms with van der Waals surface area (Å²) in [7, 11) is 0. The Hall–Kier alpha value is -1.81. The van der Waals surface area contributed by atoms with Gasteiger partial charge in [0.1, 0.15) is 5.82 Å². The summed E-state index contributed by atoms with van der Waals surface area (Å²) in [5.74, 6) is 1.80. The van der Waals surface area contributed by atoms with E-state index < -0.39 is 0 Å². The van der Waals surface area contributed by atoms with Crippen LogP contribution in [0.25, 0.3) is 11.4 Å². The van der Waals surface area contributed by atoms with Crippen molar-refractivity contribution in [2.75, 3.05) is 31.1 Å². The first kappa shape index (κ1) is 17.6. The number of likely N-dealkylation sites (tertiary alicyclic amines) is 1. The number of hydrogen-bond donors (Lipinski definition) is 1. The highest BCUT2D eigenvalue weighted by Crippen LogP contribution is 2.36. The molecule has 0 radical (unpaired) electrons. The van der Waals surface area contributed by atoms with Gasteiger partial charge in [0.15, 0.2) is 0 Å². The summed E-state index contributed by atoms with van der Waals surface area (Å²) >= 11 is 0. The zero-order valence-corrected chi connectivity index (χ0v) is 16.4. The van der Waals surface area contributed by atoms with Crippen LogP contribution in [0.2, 0.25) is 0 Å². The van der Waals surface area contributed by atoms with E-state index in [4.69, 9.17) is 0 Å². The first-order chi connectivity index (χ1) is 12.5. The van der Waals surface area contributed by atoms with Gasteiger partial charge in [-0.3, -0.25) is 4.90 Å². The quantitative estimate of drug-likeness (QED) is 0.888. The Morgan fingerprint density at radius 3 is 2.31 bits per heavy atom. The van der Waals surface area contributed by atoms with E-state index in [9.17, 15) is 0 Å². The van der Waals surface area contributed by atoms with E-state index >= 15 is 0 Å². The number of imidazole rings is 1. The highest BCUT2D eigenvalue weighted by molar-refractivity contribution is 5.60. The average molecular weight is 353 g/mol. The van der Waals surface area contributed by atoms with Gasteiger partial charge in [-0.05, 0) is 61.4 Å². The molecule has 0 amide bonds. The molecule has 4 nitrogen and oxygen atoms in total. The van der Waals surface area contributed by atoms with Crippen LogP contribution < -0.4 is 4.90 Å². The summed E-state index contributed by atoms with van der Waals surface area (Å²) in [6.07, 6.45) is 7.62. The fourth-order valence-electron chi connectivity index (χ4n) is 4.57. The van der Waals surface area contributed by atoms with E-state index in [2.05, 4.69) is 64.8 Å². The molecule has 4 heteroatoms. The topological polar surface area (TPSA) is 35.2 Å². The number of anilines is 1. The Labute approximate surface area is 157 Å². The van der Waals surface area contributed by atoms with Gasteiger partial charge in [0, 0.05) is 49.3 Å². The summed E-state index contributed by atoms with van der Waals surface area (Å²) < 4.78 is 0. The Kier molecular flexibility index (Phi) is 4.78. The lowest BCUT2D eigenvalue weighted by molar-refractivity contribution is 0.174. The molecule has 2 saturated heterocycles. The second-order valence-electron chi connectivity index (χ2n) is 9.05. The number of nitrogens with zero attached hydrogens (tertiary/aromatic N) is 3. The van der Waals surface area contributed by atoms with Crippen molar-refractivity contribution in [1.82, 2.24) is 14.9 Å². The number of piperidine rings is 1. The van der Waals surface area contributed by atoms with Crippen molar-refractivity contribution in [1.29, 1.82) is 0 Å². The average Bonchev–Trinajstić information content (AvgIpc) is 3.34. The molecule has 2 aliphatic heterocycles. The van der Waals surface area contributed by atoms with E-state index in [1.807, 2.05) is 6.20 Å². The summed E-state index contributed by atoms with van der Waals surface area (Å²) in [5.41, 5.74) is 2.94. The predicted molar refractivity (Wildman–Crippen MR) is 108 cm³/mol. The van der Waals surface area contributed by atoms with E-state index in [1.165, 1.54) is 51.1 Å². The molecular formula is C22H32N4. The molecule has 1 N–H and O–H groups in total. The third-order valence-electron chi connectivity index (χ3n) is 6.43. The second kappa shape index (κ2) is 7.07. The van der Waals surface area contributed by atoms with Crippen LogP contribution in [0.1, 0.15) is 40.0 Å². The van der Waals surface area contributed by atoms with Gasteiger partial charge in [-0.15, -0.1) is 0 Å². The van der Waals surface area contributed by atoms with Gasteiger partial charge in [-0.1, -0.05) is 20.8 Å². The molecule has 0 spiro atoms. The molecule has 1 aromatic carbocycles. The van der Waals surface area contributed by atoms with Gasteiger partial charge in [-0.2, -0.15) is 0 Å². The third-order valence-corrected chi connectivity index (χ3v) is 6.43. The van der Waals surface area contributed by atoms with Gasteiger partial charge in [0.25, 0.3) is 0 Å². The molecule has 1 unspecified atom stereocenters. The minimum atomic E-state index is 0.450. The Morgan fingerprint density at radius 2 is 1.73 bits per heavy atom. The van der Waals surface area contributed by atoms with Crippen LogP contribution in [0.4, 0.5) is 5.69 Å². The van der Waals surface area contributed by atoms with Gasteiger partial charge >= 0.3 is 0 Å². The molecule has 26 heavy (non-hydrogen) atoms. The Bertz CT molecular complexity index is 691. The number of H-pyrrole nitrogens is 1. The van der Waals surface area contributed by atoms with Crippen LogP contribution in [0.5, 0.6) is 0 Å². The first-order valence-corrected chi connectivity index (χ1v) is 10.1. The molecule has 1 aromatic heterocycles. The maximum Gasteiger partial charge on any atom is 0.137 e. The monoisotopic (exact) mass is 352 g/mol. The molecule has 2 aromatic rings. The van der Waals surface area contributed by atoms with Crippen molar-refractivity contribution >= 4 is 5.69 Å². The van der Waals surface area contributed by atoms with Crippen LogP contribution >= 0.6 is 0 Å². The van der Waals surface area contributed by atoms with Crippen LogP contribution in [-0.4, -0.2) is 47.1 Å². The molecule has 1 atom stereocenters. The van der Waals surface area contributed by atoms with Gasteiger partial charge in [0.05, 0.1) is 0 Å². The molecular weight excluding hydrogens is 320 g/mol. The van der Waals surface area contributed by atoms with Crippen molar-refractivity contribution in [2.45, 2.75) is 46.1 Å². The minimum Gasteiger partial charge on any atom is -0.371 e. The van der Waals surface area contributed by atoms with E-state index in [0.717, 1.165) is 23.3 Å².